The average molecular weight is 367 g/mol. The van der Waals surface area contributed by atoms with Gasteiger partial charge < -0.3 is 10.2 Å². The molecule has 0 saturated heterocycles. The number of amides is 2. The van der Waals surface area contributed by atoms with Gasteiger partial charge in [0.1, 0.15) is 5.82 Å². The molecule has 0 spiro atoms. The van der Waals surface area contributed by atoms with Crippen LogP contribution in [0, 0.1) is 12.7 Å². The normalized spacial score (nSPS) is 19.5. The fourth-order valence-corrected chi connectivity index (χ4v) is 4.47. The number of rotatable bonds is 3. The number of aryl methyl sites for hydroxylation is 1. The van der Waals surface area contributed by atoms with Crippen molar-refractivity contribution in [2.45, 2.75) is 52.6 Å². The standard InChI is InChI=1S/C21H22FN3O2/c1-4-17-21-13(9-25(17)18(27)5-2)20-15(23-10-26)7-6-12-11(3)14(22)8-16(24-21)19(12)20/h4,8,10,15H,5-7,9H2,1-3H3,(H,23,26)/b17-4-. The number of benzene rings is 1. The molecule has 1 aliphatic carbocycles. The maximum absolute atomic E-state index is 14.5. The van der Waals surface area contributed by atoms with E-state index in [1.807, 2.05) is 19.9 Å². The van der Waals surface area contributed by atoms with Crippen molar-refractivity contribution in [2.75, 3.05) is 0 Å². The summed E-state index contributed by atoms with van der Waals surface area (Å²) >= 11 is 0. The Labute approximate surface area is 157 Å². The van der Waals surface area contributed by atoms with Crippen molar-refractivity contribution in [3.8, 4) is 0 Å². The Morgan fingerprint density at radius 2 is 2.22 bits per heavy atom. The molecule has 4 rings (SSSR count). The number of pyridine rings is 1. The van der Waals surface area contributed by atoms with Crippen LogP contribution in [0.15, 0.2) is 12.1 Å². The number of fused-ring (bicyclic) bond motifs is 2. The molecule has 140 valence electrons. The van der Waals surface area contributed by atoms with Gasteiger partial charge in [0.05, 0.1) is 29.5 Å². The minimum absolute atomic E-state index is 0.0237. The first kappa shape index (κ1) is 17.6. The molecule has 2 aromatic rings. The molecule has 0 bridgehead atoms. The van der Waals surface area contributed by atoms with Crippen LogP contribution in [-0.2, 0) is 22.6 Å². The van der Waals surface area contributed by atoms with Crippen LogP contribution in [0.25, 0.3) is 16.6 Å². The lowest BCUT2D eigenvalue weighted by Crippen LogP contribution is -2.26. The van der Waals surface area contributed by atoms with Crippen molar-refractivity contribution in [1.82, 2.24) is 15.2 Å². The zero-order chi connectivity index (χ0) is 19.3. The summed E-state index contributed by atoms with van der Waals surface area (Å²) in [5, 5.41) is 3.85. The lowest BCUT2D eigenvalue weighted by molar-refractivity contribution is -0.127. The second-order valence-electron chi connectivity index (χ2n) is 7.09. The van der Waals surface area contributed by atoms with Crippen molar-refractivity contribution < 1.29 is 14.0 Å². The highest BCUT2D eigenvalue weighted by molar-refractivity contribution is 5.95. The minimum Gasteiger partial charge on any atom is -0.352 e. The van der Waals surface area contributed by atoms with Gasteiger partial charge in [-0.3, -0.25) is 9.59 Å². The summed E-state index contributed by atoms with van der Waals surface area (Å²) in [5.41, 5.74) is 5.61. The van der Waals surface area contributed by atoms with Crippen LogP contribution < -0.4 is 5.32 Å². The molecule has 2 aliphatic rings. The molecule has 1 aliphatic heterocycles. The van der Waals surface area contributed by atoms with Crippen LogP contribution in [0.1, 0.15) is 60.7 Å². The number of allylic oxidation sites excluding steroid dienone is 1. The molecule has 0 fully saturated rings. The van der Waals surface area contributed by atoms with Crippen LogP contribution in [0.2, 0.25) is 0 Å². The van der Waals surface area contributed by atoms with E-state index in [-0.39, 0.29) is 17.8 Å². The summed E-state index contributed by atoms with van der Waals surface area (Å²) in [7, 11) is 0. The summed E-state index contributed by atoms with van der Waals surface area (Å²) in [6.45, 7) is 5.94. The van der Waals surface area contributed by atoms with E-state index in [4.69, 9.17) is 4.98 Å². The molecule has 5 nitrogen and oxygen atoms in total. The number of nitrogens with zero attached hydrogens (tertiary/aromatic N) is 2. The predicted octanol–water partition coefficient (Wildman–Crippen LogP) is 3.53. The molecule has 0 saturated carbocycles. The van der Waals surface area contributed by atoms with E-state index in [0.29, 0.717) is 43.3 Å². The first-order valence-corrected chi connectivity index (χ1v) is 9.32. The van der Waals surface area contributed by atoms with Crippen LogP contribution in [0.5, 0.6) is 0 Å². The van der Waals surface area contributed by atoms with Crippen molar-refractivity contribution in [1.29, 1.82) is 0 Å². The van der Waals surface area contributed by atoms with E-state index < -0.39 is 0 Å². The number of nitrogens with one attached hydrogen (secondary N) is 1. The fraction of sp³-hybridized carbons (Fsp3) is 0.381. The van der Waals surface area contributed by atoms with Gasteiger partial charge in [-0.2, -0.15) is 0 Å². The third-order valence-corrected chi connectivity index (χ3v) is 5.77. The van der Waals surface area contributed by atoms with Crippen LogP contribution in [0.4, 0.5) is 4.39 Å². The van der Waals surface area contributed by atoms with E-state index in [9.17, 15) is 14.0 Å². The molecule has 2 amide bonds. The highest BCUT2D eigenvalue weighted by Crippen LogP contribution is 2.44. The van der Waals surface area contributed by atoms with Crippen LogP contribution in [0.3, 0.4) is 0 Å². The molecule has 27 heavy (non-hydrogen) atoms. The molecule has 2 heterocycles. The first-order chi connectivity index (χ1) is 13.0. The van der Waals surface area contributed by atoms with Gasteiger partial charge in [-0.1, -0.05) is 13.0 Å². The monoisotopic (exact) mass is 367 g/mol. The average Bonchev–Trinajstić information content (AvgIpc) is 3.04. The summed E-state index contributed by atoms with van der Waals surface area (Å²) in [6.07, 6.45) is 4.38. The zero-order valence-corrected chi connectivity index (χ0v) is 15.7. The van der Waals surface area contributed by atoms with Crippen molar-refractivity contribution in [3.63, 3.8) is 0 Å². The molecule has 1 N–H and O–H groups in total. The zero-order valence-electron chi connectivity index (χ0n) is 15.7. The second kappa shape index (κ2) is 6.44. The molecule has 0 radical (unpaired) electrons. The Morgan fingerprint density at radius 3 is 2.89 bits per heavy atom. The summed E-state index contributed by atoms with van der Waals surface area (Å²) < 4.78 is 14.5. The van der Waals surface area contributed by atoms with Gasteiger partial charge in [-0.05, 0) is 43.4 Å². The lowest BCUT2D eigenvalue weighted by atomic mass is 9.82. The van der Waals surface area contributed by atoms with Gasteiger partial charge in [0.2, 0.25) is 12.3 Å². The summed E-state index contributed by atoms with van der Waals surface area (Å²) in [6, 6.07) is 1.31. The molecular formula is C21H22FN3O2. The predicted molar refractivity (Wildman–Crippen MR) is 101 cm³/mol. The maximum Gasteiger partial charge on any atom is 0.227 e. The van der Waals surface area contributed by atoms with Gasteiger partial charge in [0.25, 0.3) is 0 Å². The Hall–Kier alpha value is -2.76. The smallest absolute Gasteiger partial charge is 0.227 e. The Morgan fingerprint density at radius 1 is 1.44 bits per heavy atom. The number of halogens is 1. The summed E-state index contributed by atoms with van der Waals surface area (Å²) in [4.78, 5) is 30.2. The molecule has 1 unspecified atom stereocenters. The van der Waals surface area contributed by atoms with Crippen LogP contribution in [-0.4, -0.2) is 22.2 Å². The van der Waals surface area contributed by atoms with Gasteiger partial charge in [-0.25, -0.2) is 9.37 Å². The third-order valence-electron chi connectivity index (χ3n) is 5.77. The number of hydrogen-bond acceptors (Lipinski definition) is 3. The van der Waals surface area contributed by atoms with Crippen molar-refractivity contribution >= 4 is 28.9 Å². The van der Waals surface area contributed by atoms with E-state index in [2.05, 4.69) is 5.32 Å². The van der Waals surface area contributed by atoms with E-state index in [0.717, 1.165) is 33.5 Å². The molecule has 1 atom stereocenters. The van der Waals surface area contributed by atoms with E-state index in [1.54, 1.807) is 11.8 Å². The third kappa shape index (κ3) is 2.46. The Kier molecular flexibility index (Phi) is 4.21. The van der Waals surface area contributed by atoms with Crippen LogP contribution >= 0.6 is 0 Å². The molecule has 1 aromatic heterocycles. The van der Waals surface area contributed by atoms with Gasteiger partial charge in [0, 0.05) is 23.4 Å². The van der Waals surface area contributed by atoms with Gasteiger partial charge in [-0.15, -0.1) is 0 Å². The minimum atomic E-state index is -0.265. The number of aromatic nitrogens is 1. The van der Waals surface area contributed by atoms with Gasteiger partial charge >= 0.3 is 0 Å². The number of carbonyl (C=O) groups is 2. The molecular weight excluding hydrogens is 345 g/mol. The van der Waals surface area contributed by atoms with E-state index in [1.165, 1.54) is 6.07 Å². The number of carbonyl (C=O) groups excluding carboxylic acids is 2. The SMILES string of the molecule is C/C=C1/c2nc3cc(F)c(C)c4c3c(c2CN1C(=O)CC)C(NC=O)CC4. The highest BCUT2D eigenvalue weighted by atomic mass is 19.1. The van der Waals surface area contributed by atoms with Crippen molar-refractivity contribution in [3.05, 3.63) is 45.9 Å². The maximum atomic E-state index is 14.5. The molecule has 6 heteroatoms. The first-order valence-electron chi connectivity index (χ1n) is 9.32. The fourth-order valence-electron chi connectivity index (χ4n) is 4.47. The van der Waals surface area contributed by atoms with E-state index >= 15 is 0 Å². The lowest BCUT2D eigenvalue weighted by Gasteiger charge is -2.28. The largest absolute Gasteiger partial charge is 0.352 e. The Bertz CT molecular complexity index is 1010. The molecule has 1 aromatic carbocycles. The summed E-state index contributed by atoms with van der Waals surface area (Å²) in [5.74, 6) is -0.241. The van der Waals surface area contributed by atoms with Gasteiger partial charge in [0.15, 0.2) is 0 Å². The van der Waals surface area contributed by atoms with Crippen molar-refractivity contribution in [2.24, 2.45) is 0 Å². The topological polar surface area (TPSA) is 62.3 Å². The highest BCUT2D eigenvalue weighted by Gasteiger charge is 2.36. The number of hydrogen-bond donors (Lipinski definition) is 1. The quantitative estimate of drug-likeness (QED) is 0.844. The second-order valence-corrected chi connectivity index (χ2v) is 7.09. The Balaban J connectivity index is 2.07.